The van der Waals surface area contributed by atoms with Gasteiger partial charge in [-0.2, -0.15) is 0 Å². The number of aliphatic hydroxyl groups excluding tert-OH is 1. The summed E-state index contributed by atoms with van der Waals surface area (Å²) in [6.07, 6.45) is 2.30. The SMILES string of the molecule is COc1ccc2nccc(C3(O)CCN(CC(O)CCl)CC3)c2n1. The minimum absolute atomic E-state index is 0.222. The third-order valence-corrected chi connectivity index (χ3v) is 4.96. The molecule has 1 atom stereocenters. The second kappa shape index (κ2) is 7.19. The highest BCUT2D eigenvalue weighted by Gasteiger charge is 2.36. The summed E-state index contributed by atoms with van der Waals surface area (Å²) in [5.41, 5.74) is 1.24. The molecule has 1 unspecified atom stereocenters. The maximum Gasteiger partial charge on any atom is 0.213 e. The lowest BCUT2D eigenvalue weighted by atomic mass is 9.84. The highest BCUT2D eigenvalue weighted by molar-refractivity contribution is 6.18. The number of β-amino-alcohol motifs (C(OH)–C–C–N with tert-alkyl or cyclic N) is 1. The van der Waals surface area contributed by atoms with E-state index in [1.807, 2.05) is 12.1 Å². The molecular weight excluding hydrogens is 330 g/mol. The molecule has 3 rings (SSSR count). The van der Waals surface area contributed by atoms with Gasteiger partial charge in [-0.25, -0.2) is 4.98 Å². The molecule has 24 heavy (non-hydrogen) atoms. The standard InChI is InChI=1S/C17H22ClN3O3/c1-24-15-3-2-14-16(20-15)13(4-7-19-14)17(23)5-8-21(9-6-17)11-12(22)10-18/h2-4,7,12,22-23H,5-6,8-11H2,1H3. The minimum Gasteiger partial charge on any atom is -0.481 e. The normalized spacial score (nSPS) is 19.3. The molecule has 0 radical (unpaired) electrons. The number of aromatic nitrogens is 2. The van der Waals surface area contributed by atoms with Crippen molar-refractivity contribution in [1.82, 2.24) is 14.9 Å². The number of ether oxygens (including phenoxy) is 1. The summed E-state index contributed by atoms with van der Waals surface area (Å²) in [6.45, 7) is 1.92. The van der Waals surface area contributed by atoms with Gasteiger partial charge in [0.2, 0.25) is 5.88 Å². The van der Waals surface area contributed by atoms with E-state index in [1.165, 1.54) is 0 Å². The zero-order valence-electron chi connectivity index (χ0n) is 13.7. The Balaban J connectivity index is 1.85. The van der Waals surface area contributed by atoms with Crippen molar-refractivity contribution in [3.8, 4) is 5.88 Å². The van der Waals surface area contributed by atoms with Crippen molar-refractivity contribution < 1.29 is 14.9 Å². The van der Waals surface area contributed by atoms with Crippen LogP contribution >= 0.6 is 11.6 Å². The van der Waals surface area contributed by atoms with Crippen molar-refractivity contribution >= 4 is 22.6 Å². The summed E-state index contributed by atoms with van der Waals surface area (Å²) in [6, 6.07) is 5.44. The number of pyridine rings is 2. The molecular formula is C17H22ClN3O3. The fourth-order valence-corrected chi connectivity index (χ4v) is 3.32. The smallest absolute Gasteiger partial charge is 0.213 e. The molecule has 1 fully saturated rings. The van der Waals surface area contributed by atoms with Gasteiger partial charge >= 0.3 is 0 Å². The highest BCUT2D eigenvalue weighted by Crippen LogP contribution is 2.36. The van der Waals surface area contributed by atoms with Crippen molar-refractivity contribution in [2.75, 3.05) is 32.6 Å². The largest absolute Gasteiger partial charge is 0.481 e. The van der Waals surface area contributed by atoms with Gasteiger partial charge in [-0.1, -0.05) is 0 Å². The number of alkyl halides is 1. The molecule has 2 N–H and O–H groups in total. The highest BCUT2D eigenvalue weighted by atomic mass is 35.5. The van der Waals surface area contributed by atoms with Crippen LogP contribution in [0.15, 0.2) is 24.4 Å². The van der Waals surface area contributed by atoms with Crippen LogP contribution in [-0.4, -0.2) is 63.8 Å². The van der Waals surface area contributed by atoms with Gasteiger partial charge in [0.25, 0.3) is 0 Å². The van der Waals surface area contributed by atoms with Gasteiger partial charge in [0, 0.05) is 43.3 Å². The number of aliphatic hydroxyl groups is 2. The van der Waals surface area contributed by atoms with Crippen LogP contribution in [0.25, 0.3) is 11.0 Å². The lowest BCUT2D eigenvalue weighted by molar-refractivity contribution is -0.0319. The molecule has 0 spiro atoms. The molecule has 1 saturated heterocycles. The van der Waals surface area contributed by atoms with E-state index in [1.54, 1.807) is 19.4 Å². The number of likely N-dealkylation sites (tertiary alicyclic amines) is 1. The number of piperidine rings is 1. The molecule has 1 aliphatic heterocycles. The average molecular weight is 352 g/mol. The number of halogens is 1. The fourth-order valence-electron chi connectivity index (χ4n) is 3.22. The number of rotatable bonds is 5. The summed E-state index contributed by atoms with van der Waals surface area (Å²) in [7, 11) is 1.57. The van der Waals surface area contributed by atoms with E-state index in [2.05, 4.69) is 14.9 Å². The second-order valence-corrected chi connectivity index (χ2v) is 6.53. The monoisotopic (exact) mass is 351 g/mol. The van der Waals surface area contributed by atoms with Gasteiger partial charge in [-0.3, -0.25) is 4.98 Å². The van der Waals surface area contributed by atoms with Gasteiger partial charge in [0.05, 0.1) is 29.8 Å². The minimum atomic E-state index is -0.955. The maximum absolute atomic E-state index is 11.2. The summed E-state index contributed by atoms with van der Waals surface area (Å²) in [5, 5.41) is 20.9. The molecule has 0 aliphatic carbocycles. The van der Waals surface area contributed by atoms with E-state index in [0.29, 0.717) is 43.9 Å². The van der Waals surface area contributed by atoms with Gasteiger partial charge in [-0.15, -0.1) is 11.6 Å². The zero-order valence-corrected chi connectivity index (χ0v) is 14.4. The van der Waals surface area contributed by atoms with E-state index in [0.717, 1.165) is 11.1 Å². The Morgan fingerprint density at radius 3 is 2.75 bits per heavy atom. The van der Waals surface area contributed by atoms with Crippen molar-refractivity contribution in [2.45, 2.75) is 24.5 Å². The van der Waals surface area contributed by atoms with Crippen LogP contribution < -0.4 is 4.74 Å². The summed E-state index contributed by atoms with van der Waals surface area (Å²) in [4.78, 5) is 10.9. The van der Waals surface area contributed by atoms with Crippen molar-refractivity contribution in [3.63, 3.8) is 0 Å². The number of methoxy groups -OCH3 is 1. The Kier molecular flexibility index (Phi) is 5.20. The molecule has 2 aromatic heterocycles. The number of nitrogens with zero attached hydrogens (tertiary/aromatic N) is 3. The van der Waals surface area contributed by atoms with Crippen LogP contribution in [0.3, 0.4) is 0 Å². The van der Waals surface area contributed by atoms with E-state index in [4.69, 9.17) is 16.3 Å². The quantitative estimate of drug-likeness (QED) is 0.795. The molecule has 0 bridgehead atoms. The van der Waals surface area contributed by atoms with Crippen LogP contribution in [0.4, 0.5) is 0 Å². The fraction of sp³-hybridized carbons (Fsp3) is 0.529. The average Bonchev–Trinajstić information content (AvgIpc) is 2.62. The van der Waals surface area contributed by atoms with Gasteiger partial charge < -0.3 is 19.8 Å². The van der Waals surface area contributed by atoms with E-state index >= 15 is 0 Å². The van der Waals surface area contributed by atoms with E-state index < -0.39 is 11.7 Å². The van der Waals surface area contributed by atoms with Crippen molar-refractivity contribution in [1.29, 1.82) is 0 Å². The first-order chi connectivity index (χ1) is 11.6. The molecule has 0 amide bonds. The first-order valence-corrected chi connectivity index (χ1v) is 8.58. The van der Waals surface area contributed by atoms with Crippen molar-refractivity contribution in [2.24, 2.45) is 0 Å². The Labute approximate surface area is 146 Å². The van der Waals surface area contributed by atoms with Gasteiger partial charge in [-0.05, 0) is 25.0 Å². The molecule has 6 nitrogen and oxygen atoms in total. The number of hydrogen-bond donors (Lipinski definition) is 2. The molecule has 2 aromatic rings. The second-order valence-electron chi connectivity index (χ2n) is 6.22. The molecule has 1 aliphatic rings. The first kappa shape index (κ1) is 17.4. The Morgan fingerprint density at radius 1 is 1.33 bits per heavy atom. The number of fused-ring (bicyclic) bond motifs is 1. The molecule has 3 heterocycles. The molecule has 0 saturated carbocycles. The Bertz CT molecular complexity index is 705. The molecule has 0 aromatic carbocycles. The molecule has 7 heteroatoms. The van der Waals surface area contributed by atoms with Crippen LogP contribution in [0.2, 0.25) is 0 Å². The summed E-state index contributed by atoms with van der Waals surface area (Å²) in [5.74, 6) is 0.724. The van der Waals surface area contributed by atoms with E-state index in [9.17, 15) is 10.2 Å². The summed E-state index contributed by atoms with van der Waals surface area (Å²) >= 11 is 5.66. The zero-order chi connectivity index (χ0) is 17.2. The maximum atomic E-state index is 11.2. The van der Waals surface area contributed by atoms with Crippen LogP contribution in [0.1, 0.15) is 18.4 Å². The lowest BCUT2D eigenvalue weighted by Crippen LogP contribution is -2.45. The topological polar surface area (TPSA) is 78.7 Å². The Hall–Kier alpha value is -1.47. The summed E-state index contributed by atoms with van der Waals surface area (Å²) < 4.78 is 5.20. The number of hydrogen-bond acceptors (Lipinski definition) is 6. The van der Waals surface area contributed by atoms with Crippen LogP contribution in [-0.2, 0) is 5.60 Å². The first-order valence-electron chi connectivity index (χ1n) is 8.05. The van der Waals surface area contributed by atoms with Crippen LogP contribution in [0.5, 0.6) is 5.88 Å². The van der Waals surface area contributed by atoms with E-state index in [-0.39, 0.29) is 5.88 Å². The molecule has 130 valence electrons. The van der Waals surface area contributed by atoms with Crippen LogP contribution in [0, 0.1) is 0 Å². The van der Waals surface area contributed by atoms with Crippen molar-refractivity contribution in [3.05, 3.63) is 30.0 Å². The van der Waals surface area contributed by atoms with Gasteiger partial charge in [0.1, 0.15) is 0 Å². The third-order valence-electron chi connectivity index (χ3n) is 4.60. The van der Waals surface area contributed by atoms with Gasteiger partial charge in [0.15, 0.2) is 0 Å². The predicted octanol–water partition coefficient (Wildman–Crippen LogP) is 1.52. The lowest BCUT2D eigenvalue weighted by Gasteiger charge is -2.39. The predicted molar refractivity (Wildman–Crippen MR) is 92.4 cm³/mol. The third kappa shape index (κ3) is 3.47. The Morgan fingerprint density at radius 2 is 2.08 bits per heavy atom.